The van der Waals surface area contributed by atoms with Crippen LogP contribution in [0, 0.1) is 6.92 Å². The van der Waals surface area contributed by atoms with Gasteiger partial charge in [-0.3, -0.25) is 9.20 Å². The molecule has 3 rings (SSSR count). The van der Waals surface area contributed by atoms with Gasteiger partial charge in [-0.15, -0.1) is 0 Å². The van der Waals surface area contributed by atoms with Crippen LogP contribution in [0.3, 0.4) is 0 Å². The minimum absolute atomic E-state index is 0.299. The molecule has 0 radical (unpaired) electrons. The number of rotatable bonds is 2. The van der Waals surface area contributed by atoms with Crippen LogP contribution < -0.4 is 5.32 Å². The number of carbonyl (C=O) groups is 1. The standard InChI is InChI=1S/C13H11N5O/c1-9-4-2-5-14-11(9)17-12(19)10-8-18-7-3-6-15-13(18)16-10/h2-8H,1H3,(H,14,17,19). The average molecular weight is 253 g/mol. The Morgan fingerprint density at radius 1 is 1.26 bits per heavy atom. The number of amides is 1. The fourth-order valence-corrected chi connectivity index (χ4v) is 1.73. The molecule has 0 aliphatic heterocycles. The van der Waals surface area contributed by atoms with Gasteiger partial charge < -0.3 is 5.32 Å². The molecule has 0 bridgehead atoms. The molecule has 0 aromatic carbocycles. The Labute approximate surface area is 109 Å². The number of aryl methyl sites for hydroxylation is 1. The molecule has 1 N–H and O–H groups in total. The second kappa shape index (κ2) is 4.49. The van der Waals surface area contributed by atoms with Crippen LogP contribution in [0.25, 0.3) is 5.78 Å². The van der Waals surface area contributed by atoms with Gasteiger partial charge in [0.2, 0.25) is 5.78 Å². The summed E-state index contributed by atoms with van der Waals surface area (Å²) in [5, 5.41) is 2.73. The predicted molar refractivity (Wildman–Crippen MR) is 69.9 cm³/mol. The number of aromatic nitrogens is 4. The molecule has 3 heterocycles. The number of anilines is 1. The van der Waals surface area contributed by atoms with Crippen molar-refractivity contribution >= 4 is 17.5 Å². The van der Waals surface area contributed by atoms with Crippen molar-refractivity contribution in [3.8, 4) is 0 Å². The summed E-state index contributed by atoms with van der Waals surface area (Å²) in [7, 11) is 0. The molecule has 0 fully saturated rings. The molecule has 19 heavy (non-hydrogen) atoms. The lowest BCUT2D eigenvalue weighted by Gasteiger charge is -2.04. The summed E-state index contributed by atoms with van der Waals surface area (Å²) in [6, 6.07) is 5.48. The van der Waals surface area contributed by atoms with Gasteiger partial charge in [-0.1, -0.05) is 6.07 Å². The van der Waals surface area contributed by atoms with Crippen molar-refractivity contribution in [1.82, 2.24) is 19.4 Å². The Balaban J connectivity index is 1.90. The summed E-state index contributed by atoms with van der Waals surface area (Å²) in [6.07, 6.45) is 6.69. The van der Waals surface area contributed by atoms with E-state index in [4.69, 9.17) is 0 Å². The molecule has 0 aliphatic rings. The fraction of sp³-hybridized carbons (Fsp3) is 0.0769. The average Bonchev–Trinajstić information content (AvgIpc) is 2.85. The summed E-state index contributed by atoms with van der Waals surface area (Å²) in [5.41, 5.74) is 1.21. The van der Waals surface area contributed by atoms with Gasteiger partial charge in [-0.25, -0.2) is 15.0 Å². The van der Waals surface area contributed by atoms with E-state index in [1.54, 1.807) is 35.3 Å². The third-order valence-corrected chi connectivity index (χ3v) is 2.71. The maximum absolute atomic E-state index is 12.1. The molecule has 0 spiro atoms. The van der Waals surface area contributed by atoms with E-state index in [1.807, 2.05) is 19.1 Å². The van der Waals surface area contributed by atoms with Crippen molar-refractivity contribution in [1.29, 1.82) is 0 Å². The molecule has 3 aromatic heterocycles. The molecule has 0 saturated carbocycles. The highest BCUT2D eigenvalue weighted by molar-refractivity contribution is 6.02. The summed E-state index contributed by atoms with van der Waals surface area (Å²) in [4.78, 5) is 24.4. The SMILES string of the molecule is Cc1cccnc1NC(=O)c1cn2cccnc2n1. The van der Waals surface area contributed by atoms with Crippen LogP contribution in [0.2, 0.25) is 0 Å². The van der Waals surface area contributed by atoms with Gasteiger partial charge in [-0.05, 0) is 24.6 Å². The van der Waals surface area contributed by atoms with E-state index in [1.165, 1.54) is 0 Å². The maximum Gasteiger partial charge on any atom is 0.277 e. The van der Waals surface area contributed by atoms with Gasteiger partial charge in [0, 0.05) is 24.8 Å². The first kappa shape index (κ1) is 11.3. The van der Waals surface area contributed by atoms with Crippen molar-refractivity contribution in [2.75, 3.05) is 5.32 Å². The van der Waals surface area contributed by atoms with Crippen molar-refractivity contribution in [3.05, 3.63) is 54.2 Å². The smallest absolute Gasteiger partial charge is 0.277 e. The maximum atomic E-state index is 12.1. The number of hydrogen-bond acceptors (Lipinski definition) is 4. The second-order valence-electron chi connectivity index (χ2n) is 4.08. The Hall–Kier alpha value is -2.76. The lowest BCUT2D eigenvalue weighted by atomic mass is 10.3. The number of nitrogens with zero attached hydrogens (tertiary/aromatic N) is 4. The molecule has 0 unspecified atom stereocenters. The number of carbonyl (C=O) groups excluding carboxylic acids is 1. The van der Waals surface area contributed by atoms with Gasteiger partial charge in [0.05, 0.1) is 0 Å². The highest BCUT2D eigenvalue weighted by Crippen LogP contribution is 2.11. The zero-order valence-electron chi connectivity index (χ0n) is 10.2. The fourth-order valence-electron chi connectivity index (χ4n) is 1.73. The molecule has 0 aliphatic carbocycles. The minimum Gasteiger partial charge on any atom is -0.305 e. The zero-order valence-corrected chi connectivity index (χ0v) is 10.2. The molecule has 6 nitrogen and oxygen atoms in total. The summed E-state index contributed by atoms with van der Waals surface area (Å²) in [6.45, 7) is 1.88. The molecule has 0 atom stereocenters. The monoisotopic (exact) mass is 253 g/mol. The van der Waals surface area contributed by atoms with Crippen molar-refractivity contribution in [2.45, 2.75) is 6.92 Å². The van der Waals surface area contributed by atoms with Crippen molar-refractivity contribution < 1.29 is 4.79 Å². The topological polar surface area (TPSA) is 72.2 Å². The van der Waals surface area contributed by atoms with E-state index >= 15 is 0 Å². The number of hydrogen-bond donors (Lipinski definition) is 1. The Kier molecular flexibility index (Phi) is 2.68. The normalized spacial score (nSPS) is 10.6. The van der Waals surface area contributed by atoms with Gasteiger partial charge in [0.1, 0.15) is 11.5 Å². The van der Waals surface area contributed by atoms with E-state index in [0.29, 0.717) is 17.3 Å². The number of imidazole rings is 1. The highest BCUT2D eigenvalue weighted by Gasteiger charge is 2.12. The Bertz CT molecular complexity index is 716. The molecular weight excluding hydrogens is 242 g/mol. The minimum atomic E-state index is -0.299. The van der Waals surface area contributed by atoms with Gasteiger partial charge in [-0.2, -0.15) is 0 Å². The molecule has 6 heteroatoms. The van der Waals surface area contributed by atoms with Crippen LogP contribution in [-0.2, 0) is 0 Å². The van der Waals surface area contributed by atoms with Crippen LogP contribution >= 0.6 is 0 Å². The third kappa shape index (κ3) is 2.15. The van der Waals surface area contributed by atoms with Crippen molar-refractivity contribution in [2.24, 2.45) is 0 Å². The van der Waals surface area contributed by atoms with E-state index in [0.717, 1.165) is 5.56 Å². The molecular formula is C13H11N5O. The lowest BCUT2D eigenvalue weighted by Crippen LogP contribution is -2.14. The second-order valence-corrected chi connectivity index (χ2v) is 4.08. The molecule has 0 saturated heterocycles. The van der Waals surface area contributed by atoms with E-state index < -0.39 is 0 Å². The zero-order chi connectivity index (χ0) is 13.2. The molecule has 1 amide bonds. The number of pyridine rings is 1. The summed E-state index contributed by atoms with van der Waals surface area (Å²) in [5.74, 6) is 0.732. The molecule has 3 aromatic rings. The Morgan fingerprint density at radius 2 is 2.11 bits per heavy atom. The first-order valence-electron chi connectivity index (χ1n) is 5.77. The largest absolute Gasteiger partial charge is 0.305 e. The first-order valence-corrected chi connectivity index (χ1v) is 5.77. The van der Waals surface area contributed by atoms with Crippen LogP contribution in [0.4, 0.5) is 5.82 Å². The van der Waals surface area contributed by atoms with E-state index in [-0.39, 0.29) is 5.91 Å². The van der Waals surface area contributed by atoms with E-state index in [2.05, 4.69) is 20.3 Å². The van der Waals surface area contributed by atoms with Crippen LogP contribution in [-0.4, -0.2) is 25.3 Å². The number of fused-ring (bicyclic) bond motifs is 1. The lowest BCUT2D eigenvalue weighted by molar-refractivity contribution is 0.102. The Morgan fingerprint density at radius 3 is 2.89 bits per heavy atom. The van der Waals surface area contributed by atoms with Gasteiger partial charge in [0.15, 0.2) is 0 Å². The van der Waals surface area contributed by atoms with Crippen LogP contribution in [0.15, 0.2) is 43.0 Å². The first-order chi connectivity index (χ1) is 9.24. The predicted octanol–water partition coefficient (Wildman–Crippen LogP) is 1.69. The summed E-state index contributed by atoms with van der Waals surface area (Å²) >= 11 is 0. The third-order valence-electron chi connectivity index (χ3n) is 2.71. The van der Waals surface area contributed by atoms with E-state index in [9.17, 15) is 4.79 Å². The van der Waals surface area contributed by atoms with Crippen LogP contribution in [0.1, 0.15) is 16.1 Å². The van der Waals surface area contributed by atoms with Crippen LogP contribution in [0.5, 0.6) is 0 Å². The quantitative estimate of drug-likeness (QED) is 0.754. The summed E-state index contributed by atoms with van der Waals surface area (Å²) < 4.78 is 1.69. The highest BCUT2D eigenvalue weighted by atomic mass is 16.2. The number of nitrogens with one attached hydrogen (secondary N) is 1. The van der Waals surface area contributed by atoms with Gasteiger partial charge >= 0.3 is 0 Å². The van der Waals surface area contributed by atoms with Gasteiger partial charge in [0.25, 0.3) is 5.91 Å². The van der Waals surface area contributed by atoms with Crippen molar-refractivity contribution in [3.63, 3.8) is 0 Å². The molecule has 94 valence electrons.